The van der Waals surface area contributed by atoms with Gasteiger partial charge in [0.2, 0.25) is 5.91 Å². The molecular weight excluding hydrogens is 777 g/mol. The molecule has 6 rings (SSSR count). The van der Waals surface area contributed by atoms with Gasteiger partial charge in [0.15, 0.2) is 6.10 Å². The van der Waals surface area contributed by atoms with Crippen LogP contribution >= 0.6 is 0 Å². The van der Waals surface area contributed by atoms with E-state index in [1.165, 1.54) is 6.08 Å². The third kappa shape index (κ3) is 15.1. The Morgan fingerprint density at radius 1 is 0.803 bits per heavy atom. The van der Waals surface area contributed by atoms with Crippen LogP contribution in [0.5, 0.6) is 0 Å². The van der Waals surface area contributed by atoms with Gasteiger partial charge in [0.05, 0.1) is 42.7 Å². The highest BCUT2D eigenvalue weighted by molar-refractivity contribution is 5.82. The van der Waals surface area contributed by atoms with Crippen molar-refractivity contribution in [3.63, 3.8) is 0 Å². The molecular formula is C49H72N2O10. The monoisotopic (exact) mass is 849 g/mol. The van der Waals surface area contributed by atoms with Gasteiger partial charge in [0.25, 0.3) is 0 Å². The van der Waals surface area contributed by atoms with Crippen LogP contribution in [0.25, 0.3) is 0 Å². The van der Waals surface area contributed by atoms with Crippen LogP contribution in [0.4, 0.5) is 0 Å². The molecule has 12 heteroatoms. The standard InChI is InChI=1S/C49H72N2O10/c1-32(17-14-15-23-46(54)51-28-27-50)29-33(2)49-42-26-25-36(57-49)18-10-6-5-7-11-19-37(52)48(56)45-30-38(53)34(3)39(59-45)21-16-22-40-35(4)43-31-44(58-40)41(60-43)20-12-8-9-13-24-47(55)61-42/h6,8-13,16,19-20,22,24-26,29,32,34-45,48-49,52-53,56H,5,7,14-15,17-18,21,23,27-28,30-31,50H2,1-4H3,(H,51,54)/b9-8-,10-6+,19-11+,20-12+,22-16+,24-13-,33-29+/t32-,34-,35?,36?,37+,38+,39-,40+,41-,42?,43?,44+,45-,48+,49?/m1/s1. The first kappa shape index (κ1) is 48.6. The van der Waals surface area contributed by atoms with E-state index in [-0.39, 0.29) is 66.7 Å². The van der Waals surface area contributed by atoms with E-state index >= 15 is 0 Å². The lowest BCUT2D eigenvalue weighted by atomic mass is 9.85. The lowest BCUT2D eigenvalue weighted by Crippen LogP contribution is -2.50. The minimum atomic E-state index is -1.18. The van der Waals surface area contributed by atoms with Crippen LogP contribution in [0.1, 0.15) is 91.9 Å². The third-order valence-corrected chi connectivity index (χ3v) is 12.4. The molecule has 0 aromatic rings. The van der Waals surface area contributed by atoms with Crippen LogP contribution in [-0.4, -0.2) is 114 Å². The second-order valence-corrected chi connectivity index (χ2v) is 17.4. The zero-order valence-electron chi connectivity index (χ0n) is 36.6. The zero-order valence-corrected chi connectivity index (χ0v) is 36.6. The van der Waals surface area contributed by atoms with Gasteiger partial charge in [0.1, 0.15) is 24.4 Å². The highest BCUT2D eigenvalue weighted by Gasteiger charge is 2.45. The third-order valence-electron chi connectivity index (χ3n) is 12.4. The van der Waals surface area contributed by atoms with Crippen LogP contribution < -0.4 is 11.1 Å². The second kappa shape index (κ2) is 25.0. The smallest absolute Gasteiger partial charge is 0.331 e. The molecule has 0 saturated carbocycles. The number of aliphatic hydroxyl groups excluding tert-OH is 3. The molecule has 7 bridgehead atoms. The Labute approximate surface area is 363 Å². The SMILES string of the molecule is C/C(=C\[C@H](C)CCCCC(=O)NCCN)C1OC2C=CC1OC(=O)\C=C/C=C\C=C\[C@H]1OC3C[C@@H]1O[C@@H](/C=C/C[C@H]1O[C@H](C[C@H](O)[C@H]1C)[C@@H](O)[C@@H](O)/C=C/CC/C=C/C2)C3C. The Balaban J connectivity index is 1.26. The lowest BCUT2D eigenvalue weighted by molar-refractivity contribution is -0.175. The molecule has 6 N–H and O–H groups in total. The summed E-state index contributed by atoms with van der Waals surface area (Å²) in [7, 11) is 0. The highest BCUT2D eigenvalue weighted by atomic mass is 16.6. The quantitative estimate of drug-likeness (QED) is 0.108. The molecule has 338 valence electrons. The number of hydrogen-bond donors (Lipinski definition) is 5. The number of esters is 1. The van der Waals surface area contributed by atoms with E-state index < -0.39 is 42.6 Å². The number of carbonyl (C=O) groups excluding carboxylic acids is 2. The Bertz CT molecular complexity index is 1630. The fraction of sp³-hybridized carbons (Fsp3) is 0.633. The van der Waals surface area contributed by atoms with E-state index in [0.29, 0.717) is 38.8 Å². The summed E-state index contributed by atoms with van der Waals surface area (Å²) in [6.45, 7) is 9.15. The first-order chi connectivity index (χ1) is 29.4. The van der Waals surface area contributed by atoms with E-state index in [1.54, 1.807) is 18.2 Å². The van der Waals surface area contributed by atoms with E-state index in [0.717, 1.165) is 37.7 Å². The predicted octanol–water partition coefficient (Wildman–Crippen LogP) is 5.79. The summed E-state index contributed by atoms with van der Waals surface area (Å²) in [5.74, 6) is -0.218. The average molecular weight is 849 g/mol. The summed E-state index contributed by atoms with van der Waals surface area (Å²) < 4.78 is 31.7. The first-order valence-electron chi connectivity index (χ1n) is 22.6. The molecule has 61 heavy (non-hydrogen) atoms. The first-order valence-corrected chi connectivity index (χ1v) is 22.6. The van der Waals surface area contributed by atoms with Crippen molar-refractivity contribution in [3.05, 3.63) is 96.7 Å². The minimum Gasteiger partial charge on any atom is -0.452 e. The van der Waals surface area contributed by atoms with Crippen molar-refractivity contribution in [3.8, 4) is 0 Å². The summed E-state index contributed by atoms with van der Waals surface area (Å²) in [6, 6.07) is 0. The van der Waals surface area contributed by atoms with Crippen LogP contribution in [0, 0.1) is 17.8 Å². The average Bonchev–Trinajstić information content (AvgIpc) is 3.59. The van der Waals surface area contributed by atoms with E-state index in [4.69, 9.17) is 29.4 Å². The molecule has 6 heterocycles. The maximum absolute atomic E-state index is 13.0. The van der Waals surface area contributed by atoms with Gasteiger partial charge >= 0.3 is 5.97 Å². The molecule has 0 spiro atoms. The number of hydrogen-bond acceptors (Lipinski definition) is 11. The van der Waals surface area contributed by atoms with Gasteiger partial charge in [0, 0.05) is 50.3 Å². The van der Waals surface area contributed by atoms with Crippen molar-refractivity contribution in [2.24, 2.45) is 23.5 Å². The molecule has 6 aliphatic rings. The van der Waals surface area contributed by atoms with Gasteiger partial charge in [-0.1, -0.05) is 106 Å². The number of nitrogens with one attached hydrogen (secondary N) is 1. The number of aliphatic hydroxyl groups is 3. The number of fused-ring (bicyclic) bond motifs is 13. The maximum Gasteiger partial charge on any atom is 0.331 e. The van der Waals surface area contributed by atoms with Gasteiger partial charge in [-0.25, -0.2) is 4.79 Å². The van der Waals surface area contributed by atoms with E-state index in [9.17, 15) is 24.9 Å². The summed E-state index contributed by atoms with van der Waals surface area (Å²) in [5, 5.41) is 35.6. The molecule has 6 aliphatic heterocycles. The molecule has 3 saturated heterocycles. The largest absolute Gasteiger partial charge is 0.452 e. The van der Waals surface area contributed by atoms with Gasteiger partial charge in [-0.2, -0.15) is 0 Å². The maximum atomic E-state index is 13.0. The topological polar surface area (TPSA) is 179 Å². The summed E-state index contributed by atoms with van der Waals surface area (Å²) in [4.78, 5) is 25.0. The van der Waals surface area contributed by atoms with Crippen LogP contribution in [0.15, 0.2) is 96.7 Å². The molecule has 0 aromatic heterocycles. The van der Waals surface area contributed by atoms with E-state index in [2.05, 4.69) is 43.5 Å². The van der Waals surface area contributed by atoms with Gasteiger partial charge in [-0.3, -0.25) is 4.79 Å². The number of amides is 1. The fourth-order valence-corrected chi connectivity index (χ4v) is 8.69. The molecule has 1 amide bonds. The number of carbonyl (C=O) groups is 2. The number of rotatable bonds is 9. The lowest BCUT2D eigenvalue weighted by Gasteiger charge is -2.40. The normalized spacial score (nSPS) is 40.2. The predicted molar refractivity (Wildman–Crippen MR) is 236 cm³/mol. The zero-order chi connectivity index (χ0) is 43.7. The van der Waals surface area contributed by atoms with Crippen molar-refractivity contribution < 1.29 is 48.6 Å². The van der Waals surface area contributed by atoms with Gasteiger partial charge in [-0.15, -0.1) is 0 Å². The number of allylic oxidation sites excluding steroid dienone is 7. The fourth-order valence-electron chi connectivity index (χ4n) is 8.69. The van der Waals surface area contributed by atoms with Crippen molar-refractivity contribution in [1.29, 1.82) is 0 Å². The van der Waals surface area contributed by atoms with Crippen molar-refractivity contribution >= 4 is 11.9 Å². The second-order valence-electron chi connectivity index (χ2n) is 17.4. The molecule has 0 aromatic carbocycles. The summed E-state index contributed by atoms with van der Waals surface area (Å²) in [6.07, 6.45) is 29.3. The highest BCUT2D eigenvalue weighted by Crippen LogP contribution is 2.38. The Hall–Kier alpha value is -3.46. The number of nitrogens with two attached hydrogens (primary N) is 1. The van der Waals surface area contributed by atoms with E-state index in [1.807, 2.05) is 56.4 Å². The molecule has 0 aliphatic carbocycles. The van der Waals surface area contributed by atoms with Crippen LogP contribution in [0.3, 0.4) is 0 Å². The Morgan fingerprint density at radius 2 is 1.59 bits per heavy atom. The molecule has 0 radical (unpaired) electrons. The number of unbranched alkanes of at least 4 members (excludes halogenated alkanes) is 1. The van der Waals surface area contributed by atoms with Crippen molar-refractivity contribution in [2.45, 2.75) is 165 Å². The summed E-state index contributed by atoms with van der Waals surface area (Å²) in [5.41, 5.74) is 6.46. The summed E-state index contributed by atoms with van der Waals surface area (Å²) >= 11 is 0. The molecule has 5 unspecified atom stereocenters. The molecule has 15 atom stereocenters. The minimum absolute atomic E-state index is 0.0237. The van der Waals surface area contributed by atoms with Crippen molar-refractivity contribution in [2.75, 3.05) is 13.1 Å². The van der Waals surface area contributed by atoms with Crippen LogP contribution in [0.2, 0.25) is 0 Å². The van der Waals surface area contributed by atoms with Gasteiger partial charge < -0.3 is 50.1 Å². The van der Waals surface area contributed by atoms with Gasteiger partial charge in [-0.05, 0) is 63.0 Å². The van der Waals surface area contributed by atoms with Crippen molar-refractivity contribution in [1.82, 2.24) is 5.32 Å². The number of ether oxygens (including phenoxy) is 5. The van der Waals surface area contributed by atoms with Crippen LogP contribution in [-0.2, 0) is 33.3 Å². The Morgan fingerprint density at radius 3 is 2.41 bits per heavy atom. The molecule has 3 fully saturated rings. The molecule has 12 nitrogen and oxygen atoms in total. The Kier molecular flexibility index (Phi) is 19.9.